The Hall–Kier alpha value is -1.94. The molecular weight excluding hydrogens is 240 g/mol. The summed E-state index contributed by atoms with van der Waals surface area (Å²) in [6.07, 6.45) is 5.38. The number of nitrogens with zero attached hydrogens (tertiary/aromatic N) is 2. The molecule has 0 saturated carbocycles. The quantitative estimate of drug-likeness (QED) is 0.912. The molecule has 4 heteroatoms. The number of aromatic nitrogens is 2. The Labute approximate surface area is 112 Å². The summed E-state index contributed by atoms with van der Waals surface area (Å²) in [5, 5.41) is 8.88. The number of aliphatic hydroxyl groups excluding tert-OH is 1. The zero-order chi connectivity index (χ0) is 13.1. The average molecular weight is 256 g/mol. The fourth-order valence-electron chi connectivity index (χ4n) is 2.38. The molecule has 1 aromatic carbocycles. The molecule has 1 aliphatic carbocycles. The van der Waals surface area contributed by atoms with E-state index in [9.17, 15) is 0 Å². The van der Waals surface area contributed by atoms with Crippen LogP contribution in [0.4, 0.5) is 0 Å². The molecule has 0 unspecified atom stereocenters. The molecule has 0 atom stereocenters. The second kappa shape index (κ2) is 5.36. The van der Waals surface area contributed by atoms with Gasteiger partial charge in [-0.25, -0.2) is 9.97 Å². The van der Waals surface area contributed by atoms with Gasteiger partial charge in [-0.15, -0.1) is 0 Å². The van der Waals surface area contributed by atoms with Gasteiger partial charge in [-0.2, -0.15) is 0 Å². The zero-order valence-electron chi connectivity index (χ0n) is 10.7. The van der Waals surface area contributed by atoms with Crippen molar-refractivity contribution in [3.8, 4) is 11.6 Å². The number of benzene rings is 1. The minimum atomic E-state index is 0.166. The maximum Gasteiger partial charge on any atom is 0.225 e. The molecule has 3 rings (SSSR count). The Balaban J connectivity index is 1.80. The fraction of sp³-hybridized carbons (Fsp3) is 0.333. The Morgan fingerprint density at radius 2 is 1.95 bits per heavy atom. The molecule has 19 heavy (non-hydrogen) atoms. The lowest BCUT2D eigenvalue weighted by molar-refractivity contribution is 0.299. The smallest absolute Gasteiger partial charge is 0.225 e. The highest BCUT2D eigenvalue weighted by molar-refractivity contribution is 5.37. The molecule has 0 radical (unpaired) electrons. The summed E-state index contributed by atoms with van der Waals surface area (Å²) in [5.74, 6) is 1.45. The van der Waals surface area contributed by atoms with Crippen molar-refractivity contribution in [2.45, 2.75) is 25.7 Å². The summed E-state index contributed by atoms with van der Waals surface area (Å²) < 4.78 is 5.84. The van der Waals surface area contributed by atoms with E-state index in [-0.39, 0.29) is 6.61 Å². The summed E-state index contributed by atoms with van der Waals surface area (Å²) in [6.45, 7) is 0.166. The molecule has 4 nitrogen and oxygen atoms in total. The molecule has 1 aliphatic rings. The Morgan fingerprint density at radius 3 is 2.74 bits per heavy atom. The average Bonchev–Trinajstić information content (AvgIpc) is 2.91. The predicted octanol–water partition coefficient (Wildman–Crippen LogP) is 2.29. The Bertz CT molecular complexity index is 567. The molecule has 1 heterocycles. The van der Waals surface area contributed by atoms with Crippen LogP contribution in [0.15, 0.2) is 30.6 Å². The SMILES string of the molecule is OCCc1ccc(Oc2ncnc3c2CCC3)cc1. The van der Waals surface area contributed by atoms with Gasteiger partial charge in [-0.1, -0.05) is 12.1 Å². The molecule has 0 aliphatic heterocycles. The van der Waals surface area contributed by atoms with Gasteiger partial charge in [0.15, 0.2) is 0 Å². The van der Waals surface area contributed by atoms with E-state index < -0.39 is 0 Å². The monoisotopic (exact) mass is 256 g/mol. The minimum absolute atomic E-state index is 0.166. The number of aliphatic hydroxyl groups is 1. The molecule has 0 fully saturated rings. The van der Waals surface area contributed by atoms with Crippen molar-refractivity contribution >= 4 is 0 Å². The van der Waals surface area contributed by atoms with Gasteiger partial charge in [-0.3, -0.25) is 0 Å². The highest BCUT2D eigenvalue weighted by atomic mass is 16.5. The van der Waals surface area contributed by atoms with E-state index in [1.807, 2.05) is 24.3 Å². The van der Waals surface area contributed by atoms with E-state index in [0.717, 1.165) is 41.8 Å². The largest absolute Gasteiger partial charge is 0.439 e. The van der Waals surface area contributed by atoms with Crippen LogP contribution < -0.4 is 4.74 Å². The van der Waals surface area contributed by atoms with Gasteiger partial charge in [0.05, 0.1) is 5.69 Å². The molecule has 98 valence electrons. The van der Waals surface area contributed by atoms with E-state index in [2.05, 4.69) is 9.97 Å². The first-order valence-electron chi connectivity index (χ1n) is 6.57. The van der Waals surface area contributed by atoms with Crippen molar-refractivity contribution < 1.29 is 9.84 Å². The van der Waals surface area contributed by atoms with Gasteiger partial charge >= 0.3 is 0 Å². The lowest BCUT2D eigenvalue weighted by atomic mass is 10.1. The molecule has 1 aromatic heterocycles. The van der Waals surface area contributed by atoms with E-state index >= 15 is 0 Å². The number of aryl methyl sites for hydroxylation is 1. The van der Waals surface area contributed by atoms with Gasteiger partial charge < -0.3 is 9.84 Å². The van der Waals surface area contributed by atoms with Gasteiger partial charge in [0.2, 0.25) is 5.88 Å². The second-order valence-electron chi connectivity index (χ2n) is 4.68. The number of hydrogen-bond acceptors (Lipinski definition) is 4. The minimum Gasteiger partial charge on any atom is -0.439 e. The van der Waals surface area contributed by atoms with Crippen LogP contribution in [0.3, 0.4) is 0 Å². The third kappa shape index (κ3) is 2.58. The third-order valence-electron chi connectivity index (χ3n) is 3.37. The van der Waals surface area contributed by atoms with Crippen molar-refractivity contribution in [1.82, 2.24) is 9.97 Å². The maximum absolute atomic E-state index is 8.88. The van der Waals surface area contributed by atoms with Crippen molar-refractivity contribution in [3.05, 3.63) is 47.4 Å². The first-order valence-corrected chi connectivity index (χ1v) is 6.57. The summed E-state index contributed by atoms with van der Waals surface area (Å²) in [7, 11) is 0. The van der Waals surface area contributed by atoms with Gasteiger partial charge in [-0.05, 0) is 43.4 Å². The van der Waals surface area contributed by atoms with Crippen LogP contribution in [0.25, 0.3) is 0 Å². The van der Waals surface area contributed by atoms with Gasteiger partial charge in [0.1, 0.15) is 12.1 Å². The standard InChI is InChI=1S/C15H16N2O2/c18-9-8-11-4-6-12(7-5-11)19-15-13-2-1-3-14(13)16-10-17-15/h4-7,10,18H,1-3,8-9H2. The molecule has 0 bridgehead atoms. The maximum atomic E-state index is 8.88. The fourth-order valence-corrected chi connectivity index (χ4v) is 2.38. The van der Waals surface area contributed by atoms with Crippen molar-refractivity contribution in [2.24, 2.45) is 0 Å². The number of hydrogen-bond donors (Lipinski definition) is 1. The lowest BCUT2D eigenvalue weighted by Crippen LogP contribution is -1.97. The Morgan fingerprint density at radius 1 is 1.11 bits per heavy atom. The molecule has 0 saturated heterocycles. The van der Waals surface area contributed by atoms with Crippen molar-refractivity contribution in [3.63, 3.8) is 0 Å². The lowest BCUT2D eigenvalue weighted by Gasteiger charge is -2.09. The topological polar surface area (TPSA) is 55.2 Å². The van der Waals surface area contributed by atoms with Crippen molar-refractivity contribution in [1.29, 1.82) is 0 Å². The van der Waals surface area contributed by atoms with Gasteiger partial charge in [0, 0.05) is 12.2 Å². The van der Waals surface area contributed by atoms with Crippen LogP contribution in [0.2, 0.25) is 0 Å². The summed E-state index contributed by atoms with van der Waals surface area (Å²) in [5.41, 5.74) is 3.35. The molecular formula is C15H16N2O2. The molecule has 2 aromatic rings. The highest BCUT2D eigenvalue weighted by Gasteiger charge is 2.18. The number of ether oxygens (including phenoxy) is 1. The summed E-state index contributed by atoms with van der Waals surface area (Å²) in [4.78, 5) is 8.51. The predicted molar refractivity (Wildman–Crippen MR) is 71.4 cm³/mol. The first-order chi connectivity index (χ1) is 9.36. The van der Waals surface area contributed by atoms with Crippen LogP contribution in [0, 0.1) is 0 Å². The Kier molecular flexibility index (Phi) is 3.42. The van der Waals surface area contributed by atoms with Crippen LogP contribution in [0.1, 0.15) is 23.2 Å². The van der Waals surface area contributed by atoms with E-state index in [1.54, 1.807) is 6.33 Å². The van der Waals surface area contributed by atoms with Crippen LogP contribution in [-0.4, -0.2) is 21.7 Å². The number of rotatable bonds is 4. The van der Waals surface area contributed by atoms with Gasteiger partial charge in [0.25, 0.3) is 0 Å². The number of fused-ring (bicyclic) bond motifs is 1. The molecule has 0 spiro atoms. The highest BCUT2D eigenvalue weighted by Crippen LogP contribution is 2.30. The van der Waals surface area contributed by atoms with E-state index in [1.165, 1.54) is 0 Å². The van der Waals surface area contributed by atoms with Crippen LogP contribution >= 0.6 is 0 Å². The van der Waals surface area contributed by atoms with Crippen LogP contribution in [0.5, 0.6) is 11.6 Å². The first kappa shape index (κ1) is 12.1. The van der Waals surface area contributed by atoms with Crippen molar-refractivity contribution in [2.75, 3.05) is 6.61 Å². The molecule has 0 amide bonds. The second-order valence-corrected chi connectivity index (χ2v) is 4.68. The summed E-state index contributed by atoms with van der Waals surface area (Å²) >= 11 is 0. The van der Waals surface area contributed by atoms with E-state index in [4.69, 9.17) is 9.84 Å². The zero-order valence-corrected chi connectivity index (χ0v) is 10.7. The normalized spacial score (nSPS) is 13.3. The molecule has 1 N–H and O–H groups in total. The van der Waals surface area contributed by atoms with Crippen LogP contribution in [-0.2, 0) is 19.3 Å². The van der Waals surface area contributed by atoms with E-state index in [0.29, 0.717) is 12.3 Å². The third-order valence-corrected chi connectivity index (χ3v) is 3.37. The summed E-state index contributed by atoms with van der Waals surface area (Å²) in [6, 6.07) is 7.75.